The Balaban J connectivity index is 1.59. The van der Waals surface area contributed by atoms with E-state index in [1.807, 2.05) is 29.8 Å². The second-order valence-corrected chi connectivity index (χ2v) is 8.95. The van der Waals surface area contributed by atoms with Gasteiger partial charge in [-0.25, -0.2) is 13.4 Å². The zero-order valence-electron chi connectivity index (χ0n) is 14.9. The van der Waals surface area contributed by atoms with Crippen molar-refractivity contribution in [1.29, 1.82) is 0 Å². The zero-order chi connectivity index (χ0) is 19.4. The van der Waals surface area contributed by atoms with Crippen LogP contribution in [0.25, 0.3) is 0 Å². The summed E-state index contributed by atoms with van der Waals surface area (Å²) in [7, 11) is -3.69. The molecule has 1 atom stereocenters. The SMILES string of the molecule is Cc1nccn1Cc1ccc(NC(=O)C(C)NS(=O)(=O)c2cccs2)cc1. The number of amides is 1. The fraction of sp³-hybridized carbons (Fsp3) is 0.222. The molecule has 2 N–H and O–H groups in total. The van der Waals surface area contributed by atoms with Crippen LogP contribution in [0.5, 0.6) is 0 Å². The smallest absolute Gasteiger partial charge is 0.250 e. The van der Waals surface area contributed by atoms with Crippen LogP contribution in [0, 0.1) is 6.92 Å². The predicted octanol–water partition coefficient (Wildman–Crippen LogP) is 2.61. The summed E-state index contributed by atoms with van der Waals surface area (Å²) in [6, 6.07) is 9.66. The first-order chi connectivity index (χ1) is 12.8. The summed E-state index contributed by atoms with van der Waals surface area (Å²) in [5, 5.41) is 4.40. The van der Waals surface area contributed by atoms with Gasteiger partial charge in [-0.2, -0.15) is 4.72 Å². The summed E-state index contributed by atoms with van der Waals surface area (Å²) in [4.78, 5) is 16.5. The summed E-state index contributed by atoms with van der Waals surface area (Å²) in [5.74, 6) is 0.507. The number of sulfonamides is 1. The number of imidazole rings is 1. The number of nitrogens with one attached hydrogen (secondary N) is 2. The lowest BCUT2D eigenvalue weighted by atomic mass is 10.2. The lowest BCUT2D eigenvalue weighted by molar-refractivity contribution is -0.117. The first-order valence-electron chi connectivity index (χ1n) is 8.28. The normalized spacial score (nSPS) is 12.7. The van der Waals surface area contributed by atoms with E-state index in [-0.39, 0.29) is 4.21 Å². The highest BCUT2D eigenvalue weighted by Crippen LogP contribution is 2.16. The number of hydrogen-bond acceptors (Lipinski definition) is 5. The first kappa shape index (κ1) is 19.3. The lowest BCUT2D eigenvalue weighted by Gasteiger charge is -2.14. The van der Waals surface area contributed by atoms with Crippen LogP contribution in [-0.4, -0.2) is 29.9 Å². The predicted molar refractivity (Wildman–Crippen MR) is 105 cm³/mol. The monoisotopic (exact) mass is 404 g/mol. The van der Waals surface area contributed by atoms with Crippen LogP contribution in [0.15, 0.2) is 58.4 Å². The Bertz CT molecular complexity index is 1010. The second kappa shape index (κ2) is 8.03. The second-order valence-electron chi connectivity index (χ2n) is 6.06. The largest absolute Gasteiger partial charge is 0.331 e. The maximum Gasteiger partial charge on any atom is 0.250 e. The number of hydrogen-bond donors (Lipinski definition) is 2. The van der Waals surface area contributed by atoms with Gasteiger partial charge < -0.3 is 9.88 Å². The molecule has 9 heteroatoms. The van der Waals surface area contributed by atoms with Crippen molar-refractivity contribution < 1.29 is 13.2 Å². The van der Waals surface area contributed by atoms with Crippen LogP contribution in [0.1, 0.15) is 18.3 Å². The van der Waals surface area contributed by atoms with E-state index < -0.39 is 22.0 Å². The number of thiophene rings is 1. The average Bonchev–Trinajstić information content (AvgIpc) is 3.29. The third-order valence-electron chi connectivity index (χ3n) is 3.98. The molecule has 0 aliphatic carbocycles. The molecule has 2 aromatic heterocycles. The van der Waals surface area contributed by atoms with Crippen LogP contribution < -0.4 is 10.0 Å². The van der Waals surface area contributed by atoms with Gasteiger partial charge in [0.15, 0.2) is 0 Å². The number of aromatic nitrogens is 2. The number of anilines is 1. The van der Waals surface area contributed by atoms with Crippen molar-refractivity contribution in [1.82, 2.24) is 14.3 Å². The molecule has 2 heterocycles. The minimum Gasteiger partial charge on any atom is -0.331 e. The van der Waals surface area contributed by atoms with Crippen LogP contribution in [0.4, 0.5) is 5.69 Å². The highest BCUT2D eigenvalue weighted by atomic mass is 32.2. The van der Waals surface area contributed by atoms with Crippen molar-refractivity contribution in [2.24, 2.45) is 0 Å². The molecule has 1 amide bonds. The maximum absolute atomic E-state index is 12.3. The summed E-state index contributed by atoms with van der Waals surface area (Å²) >= 11 is 1.10. The Morgan fingerprint density at radius 3 is 2.59 bits per heavy atom. The van der Waals surface area contributed by atoms with E-state index in [1.165, 1.54) is 13.0 Å². The lowest BCUT2D eigenvalue weighted by Crippen LogP contribution is -2.41. The van der Waals surface area contributed by atoms with E-state index in [0.29, 0.717) is 12.2 Å². The van der Waals surface area contributed by atoms with Crippen molar-refractivity contribution >= 4 is 33.0 Å². The Morgan fingerprint density at radius 2 is 2.00 bits per heavy atom. The van der Waals surface area contributed by atoms with Crippen LogP contribution in [0.3, 0.4) is 0 Å². The van der Waals surface area contributed by atoms with Gasteiger partial charge in [0.05, 0.1) is 6.04 Å². The summed E-state index contributed by atoms with van der Waals surface area (Å²) in [6.07, 6.45) is 3.66. The van der Waals surface area contributed by atoms with Gasteiger partial charge in [-0.15, -0.1) is 11.3 Å². The number of rotatable bonds is 7. The fourth-order valence-corrected chi connectivity index (χ4v) is 4.68. The summed E-state index contributed by atoms with van der Waals surface area (Å²) in [5.41, 5.74) is 1.67. The molecule has 0 aliphatic heterocycles. The number of aryl methyl sites for hydroxylation is 1. The standard InChI is InChI=1S/C18H20N4O3S2/c1-13(21-27(24,25)17-4-3-11-26-17)18(23)20-16-7-5-15(6-8-16)12-22-10-9-19-14(22)2/h3-11,13,21H,12H2,1-2H3,(H,20,23). The molecule has 3 aromatic rings. The number of carbonyl (C=O) groups is 1. The van der Waals surface area contributed by atoms with Gasteiger partial charge in [0.2, 0.25) is 5.91 Å². The van der Waals surface area contributed by atoms with Gasteiger partial charge in [0.25, 0.3) is 10.0 Å². The molecule has 3 rings (SSSR count). The van der Waals surface area contributed by atoms with Crippen molar-refractivity contribution in [2.75, 3.05) is 5.32 Å². The van der Waals surface area contributed by atoms with E-state index in [9.17, 15) is 13.2 Å². The van der Waals surface area contributed by atoms with Crippen molar-refractivity contribution in [3.63, 3.8) is 0 Å². The van der Waals surface area contributed by atoms with E-state index in [1.54, 1.807) is 29.8 Å². The Kier molecular flexibility index (Phi) is 5.73. The molecule has 0 saturated heterocycles. The van der Waals surface area contributed by atoms with Crippen molar-refractivity contribution in [2.45, 2.75) is 30.6 Å². The quantitative estimate of drug-likeness (QED) is 0.633. The molecule has 1 unspecified atom stereocenters. The number of carbonyl (C=O) groups excluding carboxylic acids is 1. The number of benzene rings is 1. The average molecular weight is 405 g/mol. The third-order valence-corrected chi connectivity index (χ3v) is 6.92. The maximum atomic E-state index is 12.3. The molecule has 142 valence electrons. The summed E-state index contributed by atoms with van der Waals surface area (Å²) in [6.45, 7) is 4.14. The molecule has 0 spiro atoms. The molecule has 0 fully saturated rings. The van der Waals surface area contributed by atoms with E-state index in [4.69, 9.17) is 0 Å². The molecule has 1 aromatic carbocycles. The minimum absolute atomic E-state index is 0.182. The molecule has 0 saturated carbocycles. The van der Waals surface area contributed by atoms with Gasteiger partial charge in [-0.1, -0.05) is 18.2 Å². The van der Waals surface area contributed by atoms with Gasteiger partial charge in [-0.3, -0.25) is 4.79 Å². The van der Waals surface area contributed by atoms with Crippen molar-refractivity contribution in [3.8, 4) is 0 Å². The molecule has 0 aliphatic rings. The molecule has 7 nitrogen and oxygen atoms in total. The Labute approximate surface area is 162 Å². The van der Waals surface area contributed by atoms with Gasteiger partial charge >= 0.3 is 0 Å². The Morgan fingerprint density at radius 1 is 1.26 bits per heavy atom. The zero-order valence-corrected chi connectivity index (χ0v) is 16.5. The molecule has 0 radical (unpaired) electrons. The van der Waals surface area contributed by atoms with Gasteiger partial charge in [0.1, 0.15) is 10.0 Å². The topological polar surface area (TPSA) is 93.1 Å². The number of nitrogens with zero attached hydrogens (tertiary/aromatic N) is 2. The van der Waals surface area contributed by atoms with Crippen LogP contribution >= 0.6 is 11.3 Å². The summed E-state index contributed by atoms with van der Waals surface area (Å²) < 4.78 is 29.0. The van der Waals surface area contributed by atoms with Crippen molar-refractivity contribution in [3.05, 3.63) is 65.6 Å². The Hall–Kier alpha value is -2.49. The molecule has 27 heavy (non-hydrogen) atoms. The van der Waals surface area contributed by atoms with E-state index in [2.05, 4.69) is 15.0 Å². The fourth-order valence-electron chi connectivity index (χ4n) is 2.47. The highest BCUT2D eigenvalue weighted by molar-refractivity contribution is 7.91. The van der Waals surface area contributed by atoms with E-state index in [0.717, 1.165) is 22.7 Å². The minimum atomic E-state index is -3.69. The molecule has 0 bridgehead atoms. The van der Waals surface area contributed by atoms with Gasteiger partial charge in [0, 0.05) is 24.6 Å². The van der Waals surface area contributed by atoms with Crippen LogP contribution in [0.2, 0.25) is 0 Å². The van der Waals surface area contributed by atoms with Crippen LogP contribution in [-0.2, 0) is 21.4 Å². The molecular formula is C18H20N4O3S2. The first-order valence-corrected chi connectivity index (χ1v) is 10.6. The third kappa shape index (κ3) is 4.82. The van der Waals surface area contributed by atoms with E-state index >= 15 is 0 Å². The van der Waals surface area contributed by atoms with Gasteiger partial charge in [-0.05, 0) is 43.0 Å². The molecular weight excluding hydrogens is 384 g/mol. The highest BCUT2D eigenvalue weighted by Gasteiger charge is 2.22.